The SMILES string of the molecule is CCOc1ccc(C(=O)NC(=S)Nc2nc3c(C)cc(C)cc3s2)cc1Cl. The number of ether oxygens (including phenoxy) is 1. The second-order valence-corrected chi connectivity index (χ2v) is 7.78. The van der Waals surface area contributed by atoms with Crippen LogP contribution in [0.1, 0.15) is 28.4 Å². The maximum Gasteiger partial charge on any atom is 0.257 e. The summed E-state index contributed by atoms with van der Waals surface area (Å²) in [5.74, 6) is 0.183. The van der Waals surface area contributed by atoms with E-state index in [-0.39, 0.29) is 11.0 Å². The maximum atomic E-state index is 12.4. The number of aryl methyl sites for hydroxylation is 2. The lowest BCUT2D eigenvalue weighted by Gasteiger charge is -2.09. The van der Waals surface area contributed by atoms with E-state index in [1.165, 1.54) is 16.9 Å². The number of carbonyl (C=O) groups is 1. The van der Waals surface area contributed by atoms with Crippen LogP contribution in [-0.4, -0.2) is 22.6 Å². The summed E-state index contributed by atoms with van der Waals surface area (Å²) in [6, 6.07) is 9.01. The fourth-order valence-corrected chi connectivity index (χ4v) is 4.18. The molecule has 0 unspecified atom stereocenters. The van der Waals surface area contributed by atoms with Gasteiger partial charge in [-0.05, 0) is 68.4 Å². The minimum atomic E-state index is -0.356. The second kappa shape index (κ2) is 8.21. The van der Waals surface area contributed by atoms with E-state index in [0.717, 1.165) is 15.8 Å². The number of hydrogen-bond acceptors (Lipinski definition) is 5. The second-order valence-electron chi connectivity index (χ2n) is 5.93. The highest BCUT2D eigenvalue weighted by molar-refractivity contribution is 7.80. The third kappa shape index (κ3) is 4.55. The lowest BCUT2D eigenvalue weighted by atomic mass is 10.1. The summed E-state index contributed by atoms with van der Waals surface area (Å²) in [6.07, 6.45) is 0. The van der Waals surface area contributed by atoms with Crippen molar-refractivity contribution in [3.63, 3.8) is 0 Å². The number of nitrogens with one attached hydrogen (secondary N) is 2. The van der Waals surface area contributed by atoms with Gasteiger partial charge in [-0.3, -0.25) is 10.1 Å². The molecule has 0 spiro atoms. The van der Waals surface area contributed by atoms with Gasteiger partial charge in [0.15, 0.2) is 10.2 Å². The molecule has 0 aliphatic heterocycles. The van der Waals surface area contributed by atoms with E-state index in [1.807, 2.05) is 20.8 Å². The highest BCUT2D eigenvalue weighted by atomic mass is 35.5. The predicted octanol–water partition coefficient (Wildman–Crippen LogP) is 5.09. The molecule has 0 atom stereocenters. The van der Waals surface area contributed by atoms with Crippen LogP contribution in [-0.2, 0) is 0 Å². The Morgan fingerprint density at radius 2 is 2.07 bits per heavy atom. The minimum absolute atomic E-state index is 0.179. The number of fused-ring (bicyclic) bond motifs is 1. The molecule has 1 heterocycles. The molecule has 2 N–H and O–H groups in total. The van der Waals surface area contributed by atoms with Crippen molar-refractivity contribution >= 4 is 61.5 Å². The van der Waals surface area contributed by atoms with Crippen molar-refractivity contribution in [1.29, 1.82) is 0 Å². The molecule has 0 fully saturated rings. The van der Waals surface area contributed by atoms with Gasteiger partial charge in [0.2, 0.25) is 0 Å². The van der Waals surface area contributed by atoms with Crippen LogP contribution in [0, 0.1) is 13.8 Å². The van der Waals surface area contributed by atoms with E-state index in [4.69, 9.17) is 28.6 Å². The number of rotatable bonds is 4. The first-order valence-electron chi connectivity index (χ1n) is 8.30. The van der Waals surface area contributed by atoms with E-state index in [2.05, 4.69) is 27.8 Å². The molecule has 0 saturated carbocycles. The van der Waals surface area contributed by atoms with Crippen LogP contribution in [0.5, 0.6) is 5.75 Å². The number of thiocarbonyl (C=S) groups is 1. The number of amides is 1. The van der Waals surface area contributed by atoms with E-state index < -0.39 is 0 Å². The van der Waals surface area contributed by atoms with Crippen molar-refractivity contribution in [3.05, 3.63) is 52.0 Å². The van der Waals surface area contributed by atoms with Gasteiger partial charge in [-0.25, -0.2) is 4.98 Å². The monoisotopic (exact) mass is 419 g/mol. The Balaban J connectivity index is 1.69. The van der Waals surface area contributed by atoms with Gasteiger partial charge in [-0.2, -0.15) is 0 Å². The quantitative estimate of drug-likeness (QED) is 0.576. The summed E-state index contributed by atoms with van der Waals surface area (Å²) < 4.78 is 6.44. The van der Waals surface area contributed by atoms with E-state index in [9.17, 15) is 4.79 Å². The molecule has 0 saturated heterocycles. The smallest absolute Gasteiger partial charge is 0.257 e. The third-order valence-electron chi connectivity index (χ3n) is 3.77. The summed E-state index contributed by atoms with van der Waals surface area (Å²) in [6.45, 7) is 6.44. The first-order chi connectivity index (χ1) is 12.9. The molecule has 5 nitrogen and oxygen atoms in total. The van der Waals surface area contributed by atoms with Crippen molar-refractivity contribution in [2.45, 2.75) is 20.8 Å². The standard InChI is InChI=1S/C19H18ClN3O2S2/c1-4-25-14-6-5-12(9-13(14)20)17(24)22-18(26)23-19-21-16-11(3)7-10(2)8-15(16)27-19/h5-9H,4H2,1-3H3,(H2,21,22,23,24,26). The molecule has 1 aromatic heterocycles. The minimum Gasteiger partial charge on any atom is -0.492 e. The van der Waals surface area contributed by atoms with Crippen LogP contribution in [0.4, 0.5) is 5.13 Å². The van der Waals surface area contributed by atoms with Crippen LogP contribution < -0.4 is 15.4 Å². The Labute approximate surface area is 171 Å². The molecule has 0 aliphatic rings. The topological polar surface area (TPSA) is 63.2 Å². The van der Waals surface area contributed by atoms with Crippen LogP contribution in [0.3, 0.4) is 0 Å². The lowest BCUT2D eigenvalue weighted by Crippen LogP contribution is -2.34. The zero-order chi connectivity index (χ0) is 19.6. The third-order valence-corrected chi connectivity index (χ3v) is 5.19. The van der Waals surface area contributed by atoms with Gasteiger partial charge in [0.1, 0.15) is 5.75 Å². The Morgan fingerprint density at radius 3 is 2.78 bits per heavy atom. The number of aromatic nitrogens is 1. The largest absolute Gasteiger partial charge is 0.492 e. The molecule has 3 aromatic rings. The summed E-state index contributed by atoms with van der Waals surface area (Å²) in [5, 5.41) is 6.80. The van der Waals surface area contributed by atoms with Gasteiger partial charge < -0.3 is 10.1 Å². The molecule has 0 aliphatic carbocycles. The summed E-state index contributed by atoms with van der Waals surface area (Å²) in [5.41, 5.74) is 3.61. The van der Waals surface area contributed by atoms with Gasteiger partial charge in [0, 0.05) is 5.56 Å². The van der Waals surface area contributed by atoms with E-state index >= 15 is 0 Å². The molecule has 2 aromatic carbocycles. The van der Waals surface area contributed by atoms with Crippen molar-refractivity contribution in [2.75, 3.05) is 11.9 Å². The van der Waals surface area contributed by atoms with E-state index in [0.29, 0.717) is 28.1 Å². The molecular weight excluding hydrogens is 402 g/mol. The van der Waals surface area contributed by atoms with Gasteiger partial charge in [-0.1, -0.05) is 29.0 Å². The highest BCUT2D eigenvalue weighted by Gasteiger charge is 2.13. The van der Waals surface area contributed by atoms with Crippen molar-refractivity contribution in [1.82, 2.24) is 10.3 Å². The Kier molecular flexibility index (Phi) is 5.94. The van der Waals surface area contributed by atoms with Crippen LogP contribution in [0.2, 0.25) is 5.02 Å². The number of anilines is 1. The average molecular weight is 420 g/mol. The number of benzene rings is 2. The fraction of sp³-hybridized carbons (Fsp3) is 0.211. The molecule has 0 radical (unpaired) electrons. The van der Waals surface area contributed by atoms with Crippen molar-refractivity contribution in [3.8, 4) is 5.75 Å². The Morgan fingerprint density at radius 1 is 1.30 bits per heavy atom. The number of hydrogen-bond donors (Lipinski definition) is 2. The zero-order valence-electron chi connectivity index (χ0n) is 15.1. The molecule has 8 heteroatoms. The Hall–Kier alpha value is -2.22. The normalized spacial score (nSPS) is 10.7. The van der Waals surface area contributed by atoms with E-state index in [1.54, 1.807) is 18.2 Å². The summed E-state index contributed by atoms with van der Waals surface area (Å²) in [7, 11) is 0. The van der Waals surface area contributed by atoms with Crippen molar-refractivity contribution < 1.29 is 9.53 Å². The number of thiazole rings is 1. The maximum absolute atomic E-state index is 12.4. The van der Waals surface area contributed by atoms with Crippen LogP contribution in [0.15, 0.2) is 30.3 Å². The molecule has 1 amide bonds. The zero-order valence-corrected chi connectivity index (χ0v) is 17.4. The molecule has 3 rings (SSSR count). The summed E-state index contributed by atoms with van der Waals surface area (Å²) in [4.78, 5) is 16.9. The first kappa shape index (κ1) is 19.5. The Bertz CT molecular complexity index is 1030. The molecule has 140 valence electrons. The fourth-order valence-electron chi connectivity index (χ4n) is 2.64. The lowest BCUT2D eigenvalue weighted by molar-refractivity contribution is 0.0977. The number of nitrogens with zero attached hydrogens (tertiary/aromatic N) is 1. The molecule has 27 heavy (non-hydrogen) atoms. The summed E-state index contributed by atoms with van der Waals surface area (Å²) >= 11 is 12.9. The van der Waals surface area contributed by atoms with Crippen molar-refractivity contribution in [2.24, 2.45) is 0 Å². The predicted molar refractivity (Wildman–Crippen MR) is 115 cm³/mol. The molecule has 0 bridgehead atoms. The average Bonchev–Trinajstić information content (AvgIpc) is 2.99. The molecular formula is C19H18ClN3O2S2. The first-order valence-corrected chi connectivity index (χ1v) is 9.90. The number of carbonyl (C=O) groups excluding carboxylic acids is 1. The van der Waals surface area contributed by atoms with Crippen LogP contribution in [0.25, 0.3) is 10.2 Å². The highest BCUT2D eigenvalue weighted by Crippen LogP contribution is 2.29. The van der Waals surface area contributed by atoms with Gasteiger partial charge in [0.05, 0.1) is 21.8 Å². The number of halogens is 1. The van der Waals surface area contributed by atoms with Gasteiger partial charge >= 0.3 is 0 Å². The van der Waals surface area contributed by atoms with Crippen LogP contribution >= 0.6 is 35.2 Å². The van der Waals surface area contributed by atoms with Gasteiger partial charge in [-0.15, -0.1) is 0 Å². The van der Waals surface area contributed by atoms with Gasteiger partial charge in [0.25, 0.3) is 5.91 Å².